The van der Waals surface area contributed by atoms with Crippen molar-refractivity contribution in [2.45, 2.75) is 85.0 Å². The van der Waals surface area contributed by atoms with Crippen LogP contribution < -0.4 is 0 Å². The highest BCUT2D eigenvalue weighted by Crippen LogP contribution is 2.28. The average molecular weight is 459 g/mol. The third kappa shape index (κ3) is 9.63. The van der Waals surface area contributed by atoms with E-state index in [1.807, 2.05) is 41.5 Å². The van der Waals surface area contributed by atoms with Crippen molar-refractivity contribution in [1.82, 2.24) is 9.80 Å². The molecule has 2 atom stereocenters. The van der Waals surface area contributed by atoms with Crippen LogP contribution in [0.25, 0.3) is 0 Å². The molecule has 186 valence electrons. The molecule has 1 N–H and O–H groups in total. The second kappa shape index (κ2) is 10.7. The van der Waals surface area contributed by atoms with Gasteiger partial charge in [-0.05, 0) is 68.2 Å². The highest BCUT2D eigenvalue weighted by atomic mass is 16.6. The molecule has 0 unspecified atom stereocenters. The van der Waals surface area contributed by atoms with Crippen LogP contribution in [0.1, 0.15) is 68.2 Å². The fraction of sp³-hybridized carbons (Fsp3) is 0.870. The topological polar surface area (TPSA) is 106 Å². The highest BCUT2D eigenvalue weighted by Gasteiger charge is 2.37. The fourth-order valence-electron chi connectivity index (χ4n) is 3.44. The molecule has 2 saturated heterocycles. The van der Waals surface area contributed by atoms with Crippen molar-refractivity contribution in [1.29, 1.82) is 0 Å². The molecule has 0 bridgehead atoms. The van der Waals surface area contributed by atoms with E-state index < -0.39 is 16.8 Å². The van der Waals surface area contributed by atoms with Gasteiger partial charge in [0.25, 0.3) is 0 Å². The van der Waals surface area contributed by atoms with Crippen LogP contribution in [0.4, 0.5) is 9.59 Å². The summed E-state index contributed by atoms with van der Waals surface area (Å²) in [5, 5.41) is 9.87. The van der Waals surface area contributed by atoms with Crippen molar-refractivity contribution in [2.75, 3.05) is 33.3 Å². The molecule has 9 nitrogen and oxygen atoms in total. The maximum atomic E-state index is 11.8. The largest absolute Gasteiger partial charge is 0.469 e. The zero-order valence-electron chi connectivity index (χ0n) is 21.2. The second-order valence-corrected chi connectivity index (χ2v) is 11.0. The number of hydrogen-bond donors (Lipinski definition) is 1. The van der Waals surface area contributed by atoms with Gasteiger partial charge in [-0.1, -0.05) is 0 Å². The lowest BCUT2D eigenvalue weighted by molar-refractivity contribution is -0.144. The molecule has 0 aliphatic carbocycles. The predicted octanol–water partition coefficient (Wildman–Crippen LogP) is 3.43. The van der Waals surface area contributed by atoms with Gasteiger partial charge in [-0.25, -0.2) is 9.59 Å². The summed E-state index contributed by atoms with van der Waals surface area (Å²) in [6.07, 6.45) is 0.840. The molecule has 0 saturated carbocycles. The Balaban J connectivity index is 0.000000320. The summed E-state index contributed by atoms with van der Waals surface area (Å²) in [5.74, 6) is -0.330. The molecule has 2 heterocycles. The Labute approximate surface area is 192 Å². The minimum Gasteiger partial charge on any atom is -0.469 e. The monoisotopic (exact) mass is 458 g/mol. The van der Waals surface area contributed by atoms with Gasteiger partial charge in [0.2, 0.25) is 0 Å². The molecule has 9 heteroatoms. The third-order valence-electron chi connectivity index (χ3n) is 5.21. The van der Waals surface area contributed by atoms with Crippen LogP contribution in [0.3, 0.4) is 0 Å². The number of amides is 2. The number of hydrogen-bond acceptors (Lipinski definition) is 7. The van der Waals surface area contributed by atoms with Gasteiger partial charge >= 0.3 is 18.2 Å². The minimum absolute atomic E-state index is 0.139. The van der Waals surface area contributed by atoms with E-state index in [0.29, 0.717) is 32.6 Å². The van der Waals surface area contributed by atoms with E-state index in [-0.39, 0.29) is 30.0 Å². The lowest BCUT2D eigenvalue weighted by Gasteiger charge is -2.27. The third-order valence-corrected chi connectivity index (χ3v) is 5.21. The van der Waals surface area contributed by atoms with Crippen LogP contribution >= 0.6 is 0 Å². The van der Waals surface area contributed by atoms with Crippen LogP contribution in [0.5, 0.6) is 0 Å². The lowest BCUT2D eigenvalue weighted by atomic mass is 9.91. The second-order valence-electron chi connectivity index (χ2n) is 11.0. The molecule has 2 rings (SSSR count). The first-order valence-corrected chi connectivity index (χ1v) is 11.2. The molecule has 0 aromatic heterocycles. The summed E-state index contributed by atoms with van der Waals surface area (Å²) in [7, 11) is 1.36. The Morgan fingerprint density at radius 1 is 0.781 bits per heavy atom. The molecule has 0 aromatic rings. The first-order chi connectivity index (χ1) is 14.4. The molecule has 32 heavy (non-hydrogen) atoms. The number of carbonyl (C=O) groups excluding carboxylic acids is 3. The van der Waals surface area contributed by atoms with E-state index in [2.05, 4.69) is 4.74 Å². The van der Waals surface area contributed by atoms with Crippen LogP contribution in [0.15, 0.2) is 0 Å². The van der Waals surface area contributed by atoms with Gasteiger partial charge < -0.3 is 29.1 Å². The standard InChI is InChI=1S/C12H23NO3.C11H19NO4/c1-11(2,3)16-10(14)13-7-6-9(8-13)12(4,5)15;1-11(2,3)16-10(14)12-6-5-8(7-12)9(13)15-4/h9,15H,6-8H2,1-5H3;8H,5-7H2,1-4H3/t9-;8-/m00/s1. The summed E-state index contributed by atoms with van der Waals surface area (Å²) in [6.45, 7) is 16.8. The summed E-state index contributed by atoms with van der Waals surface area (Å²) in [6, 6.07) is 0. The molecule has 0 radical (unpaired) electrons. The van der Waals surface area contributed by atoms with Crippen molar-refractivity contribution in [3.63, 3.8) is 0 Å². The summed E-state index contributed by atoms with van der Waals surface area (Å²) in [5.41, 5.74) is -1.68. The molecular weight excluding hydrogens is 416 g/mol. The molecule has 0 spiro atoms. The first kappa shape index (κ1) is 28.0. The predicted molar refractivity (Wildman–Crippen MR) is 120 cm³/mol. The molecule has 2 aliphatic rings. The Hall–Kier alpha value is -2.03. The smallest absolute Gasteiger partial charge is 0.410 e. The molecule has 2 aliphatic heterocycles. The van der Waals surface area contributed by atoms with Gasteiger partial charge in [0, 0.05) is 32.1 Å². The Bertz CT molecular complexity index is 659. The normalized spacial score (nSPS) is 21.6. The highest BCUT2D eigenvalue weighted by molar-refractivity contribution is 5.75. The van der Waals surface area contributed by atoms with Gasteiger partial charge in [0.15, 0.2) is 0 Å². The van der Waals surface area contributed by atoms with E-state index in [1.165, 1.54) is 7.11 Å². The molecular formula is C23H42N2O7. The van der Waals surface area contributed by atoms with Crippen molar-refractivity contribution in [3.8, 4) is 0 Å². The van der Waals surface area contributed by atoms with Crippen LogP contribution in [-0.2, 0) is 19.0 Å². The zero-order chi connectivity index (χ0) is 24.9. The molecule has 0 aromatic carbocycles. The van der Waals surface area contributed by atoms with E-state index in [0.717, 1.165) is 6.42 Å². The van der Waals surface area contributed by atoms with Crippen LogP contribution in [0.2, 0.25) is 0 Å². The maximum Gasteiger partial charge on any atom is 0.410 e. The number of carbonyl (C=O) groups is 3. The Morgan fingerprint density at radius 2 is 1.22 bits per heavy atom. The van der Waals surface area contributed by atoms with E-state index in [1.54, 1.807) is 23.6 Å². The number of nitrogens with zero attached hydrogens (tertiary/aromatic N) is 2. The maximum absolute atomic E-state index is 11.8. The first-order valence-electron chi connectivity index (χ1n) is 11.2. The van der Waals surface area contributed by atoms with Crippen LogP contribution in [-0.4, -0.2) is 83.2 Å². The average Bonchev–Trinajstić information content (AvgIpc) is 3.28. The van der Waals surface area contributed by atoms with Crippen molar-refractivity contribution in [2.24, 2.45) is 11.8 Å². The van der Waals surface area contributed by atoms with Gasteiger partial charge in [-0.15, -0.1) is 0 Å². The van der Waals surface area contributed by atoms with E-state index in [9.17, 15) is 19.5 Å². The van der Waals surface area contributed by atoms with E-state index >= 15 is 0 Å². The number of aliphatic hydroxyl groups is 1. The van der Waals surface area contributed by atoms with Crippen molar-refractivity contribution >= 4 is 18.2 Å². The minimum atomic E-state index is -0.725. The quantitative estimate of drug-likeness (QED) is 0.499. The summed E-state index contributed by atoms with van der Waals surface area (Å²) < 4.78 is 15.2. The summed E-state index contributed by atoms with van der Waals surface area (Å²) >= 11 is 0. The lowest BCUT2D eigenvalue weighted by Crippen LogP contribution is -2.38. The molecule has 2 amide bonds. The Kier molecular flexibility index (Phi) is 9.39. The number of ether oxygens (including phenoxy) is 3. The van der Waals surface area contributed by atoms with Crippen molar-refractivity contribution in [3.05, 3.63) is 0 Å². The SMILES string of the molecule is CC(C)(C)OC(=O)N1CC[C@H](C(C)(C)O)C1.COC(=O)[C@H]1CCN(C(=O)OC(C)(C)C)C1. The van der Waals surface area contributed by atoms with Gasteiger partial charge in [-0.2, -0.15) is 0 Å². The number of likely N-dealkylation sites (tertiary alicyclic amines) is 2. The van der Waals surface area contributed by atoms with E-state index in [4.69, 9.17) is 9.47 Å². The van der Waals surface area contributed by atoms with Gasteiger partial charge in [0.1, 0.15) is 11.2 Å². The number of rotatable bonds is 2. The van der Waals surface area contributed by atoms with Gasteiger partial charge in [-0.3, -0.25) is 4.79 Å². The Morgan fingerprint density at radius 3 is 1.59 bits per heavy atom. The summed E-state index contributed by atoms with van der Waals surface area (Å²) in [4.78, 5) is 37.9. The zero-order valence-corrected chi connectivity index (χ0v) is 21.2. The fourth-order valence-corrected chi connectivity index (χ4v) is 3.44. The molecule has 2 fully saturated rings. The number of esters is 1. The van der Waals surface area contributed by atoms with Crippen molar-refractivity contribution < 1.29 is 33.7 Å². The number of methoxy groups -OCH3 is 1. The van der Waals surface area contributed by atoms with Gasteiger partial charge in [0.05, 0.1) is 18.6 Å². The van der Waals surface area contributed by atoms with Crippen LogP contribution in [0, 0.1) is 11.8 Å².